The van der Waals surface area contributed by atoms with Crippen LogP contribution in [0, 0.1) is 35.5 Å². The number of imidazole rings is 1. The summed E-state index contributed by atoms with van der Waals surface area (Å²) in [5.74, 6) is 5.39. The third-order valence-electron chi connectivity index (χ3n) is 11.2. The Morgan fingerprint density at radius 1 is 0.718 bits per heavy atom. The average molecular weight is 523 g/mol. The normalized spacial score (nSPS) is 34.4. The van der Waals surface area contributed by atoms with E-state index in [0.29, 0.717) is 41.0 Å². The van der Waals surface area contributed by atoms with Crippen molar-refractivity contribution in [2.75, 3.05) is 0 Å². The molecule has 5 aliphatic rings. The smallest absolute Gasteiger partial charge is 0.251 e. The number of nitrogens with zero attached hydrogens (tertiary/aromatic N) is 1. The monoisotopic (exact) mass is 522 g/mol. The van der Waals surface area contributed by atoms with Crippen molar-refractivity contribution in [3.05, 3.63) is 53.6 Å². The molecule has 8 atom stereocenters. The van der Waals surface area contributed by atoms with Crippen molar-refractivity contribution in [2.45, 2.75) is 76.3 Å². The summed E-state index contributed by atoms with van der Waals surface area (Å²) in [6, 6.07) is 14.1. The molecule has 5 saturated carbocycles. The minimum absolute atomic E-state index is 0.00389. The molecule has 6 nitrogen and oxygen atoms in total. The number of hydrogen-bond donors (Lipinski definition) is 3. The lowest BCUT2D eigenvalue weighted by Gasteiger charge is -2.37. The van der Waals surface area contributed by atoms with Crippen LogP contribution < -0.4 is 10.6 Å². The predicted octanol–water partition coefficient (Wildman–Crippen LogP) is 6.09. The highest BCUT2D eigenvalue weighted by Gasteiger charge is 2.48. The molecule has 0 saturated heterocycles. The molecule has 2 aromatic carbocycles. The van der Waals surface area contributed by atoms with E-state index in [1.807, 2.05) is 42.5 Å². The molecular weight excluding hydrogens is 484 g/mol. The summed E-state index contributed by atoms with van der Waals surface area (Å²) in [7, 11) is 0. The number of nitrogens with one attached hydrogen (secondary N) is 3. The summed E-state index contributed by atoms with van der Waals surface area (Å²) in [5, 5.41) is 6.73. The number of carbonyl (C=O) groups is 2. The van der Waals surface area contributed by atoms with Crippen molar-refractivity contribution in [2.24, 2.45) is 35.5 Å². The van der Waals surface area contributed by atoms with Gasteiger partial charge in [0, 0.05) is 28.8 Å². The van der Waals surface area contributed by atoms with E-state index >= 15 is 0 Å². The maximum Gasteiger partial charge on any atom is 0.251 e. The fraction of sp³-hybridized carbons (Fsp3) is 0.545. The van der Waals surface area contributed by atoms with Gasteiger partial charge in [0.1, 0.15) is 5.82 Å². The van der Waals surface area contributed by atoms with Gasteiger partial charge in [-0.3, -0.25) is 9.59 Å². The van der Waals surface area contributed by atoms with E-state index < -0.39 is 0 Å². The van der Waals surface area contributed by atoms with Crippen LogP contribution in [0.4, 0.5) is 0 Å². The number of fused-ring (bicyclic) bond motifs is 5. The minimum Gasteiger partial charge on any atom is -0.349 e. The molecule has 3 N–H and O–H groups in total. The van der Waals surface area contributed by atoms with Gasteiger partial charge in [-0.15, -0.1) is 0 Å². The topological polar surface area (TPSA) is 86.9 Å². The molecule has 5 bridgehead atoms. The lowest BCUT2D eigenvalue weighted by atomic mass is 9.75. The molecule has 3 aromatic rings. The summed E-state index contributed by atoms with van der Waals surface area (Å²) >= 11 is 0. The number of aromatic amines is 1. The second-order valence-electron chi connectivity index (χ2n) is 13.3. The van der Waals surface area contributed by atoms with E-state index in [9.17, 15) is 9.59 Å². The Hall–Kier alpha value is -3.15. The van der Waals surface area contributed by atoms with Gasteiger partial charge < -0.3 is 15.6 Å². The largest absolute Gasteiger partial charge is 0.349 e. The van der Waals surface area contributed by atoms with Crippen molar-refractivity contribution in [3.8, 4) is 11.4 Å². The summed E-state index contributed by atoms with van der Waals surface area (Å²) < 4.78 is 0. The molecule has 6 heteroatoms. The lowest BCUT2D eigenvalue weighted by molar-refractivity contribution is 0.0862. The number of carbonyl (C=O) groups excluding carboxylic acids is 2. The molecular formula is C33H38N4O2. The van der Waals surface area contributed by atoms with Crippen LogP contribution in [0.25, 0.3) is 22.4 Å². The molecule has 2 amide bonds. The zero-order valence-electron chi connectivity index (χ0n) is 22.5. The zero-order chi connectivity index (χ0) is 26.1. The van der Waals surface area contributed by atoms with Gasteiger partial charge in [0.25, 0.3) is 11.8 Å². The Morgan fingerprint density at radius 2 is 1.49 bits per heavy atom. The van der Waals surface area contributed by atoms with Crippen molar-refractivity contribution in [3.63, 3.8) is 0 Å². The van der Waals surface area contributed by atoms with Gasteiger partial charge in [-0.2, -0.15) is 0 Å². The highest BCUT2D eigenvalue weighted by molar-refractivity contribution is 5.98. The van der Waals surface area contributed by atoms with Gasteiger partial charge in [0.15, 0.2) is 0 Å². The number of aromatic nitrogens is 2. The lowest BCUT2D eigenvalue weighted by Crippen LogP contribution is -2.47. The zero-order valence-corrected chi connectivity index (χ0v) is 22.5. The maximum atomic E-state index is 13.2. The average Bonchev–Trinajstić information content (AvgIpc) is 3.72. The fourth-order valence-electron chi connectivity index (χ4n) is 9.26. The molecule has 4 unspecified atom stereocenters. The summed E-state index contributed by atoms with van der Waals surface area (Å²) in [6.07, 6.45) is 12.9. The number of rotatable bonds is 5. The third-order valence-corrected chi connectivity index (χ3v) is 11.2. The highest BCUT2D eigenvalue weighted by atomic mass is 16.2. The van der Waals surface area contributed by atoms with Gasteiger partial charge in [-0.25, -0.2) is 4.98 Å². The fourth-order valence-corrected chi connectivity index (χ4v) is 9.26. The van der Waals surface area contributed by atoms with Crippen LogP contribution in [0.1, 0.15) is 84.9 Å². The quantitative estimate of drug-likeness (QED) is 0.379. The predicted molar refractivity (Wildman–Crippen MR) is 151 cm³/mol. The Kier molecular flexibility index (Phi) is 5.60. The van der Waals surface area contributed by atoms with Gasteiger partial charge in [0.2, 0.25) is 0 Å². The van der Waals surface area contributed by atoms with Crippen molar-refractivity contribution in [1.82, 2.24) is 20.6 Å². The third kappa shape index (κ3) is 4.18. The standard InChI is InChI=1S/C33H38N4O2/c38-32(37-30-23-3-1-2-21-14-26(30)16-25(21)15-23)20-8-6-19(7-9-20)31-34-27-11-10-24(17-29(27)35-31)33(39)36-28-13-18-4-5-22(28)12-18/h6-11,17-18,21-23,25-26,28,30H,1-5,12-16H2,(H,34,35)(H,36,39)(H,37,38)/t18?,21-,22?,23-,25-,26-,28?,30?/m0/s1. The molecule has 1 heterocycles. The van der Waals surface area contributed by atoms with Crippen LogP contribution in [-0.4, -0.2) is 33.9 Å². The Morgan fingerprint density at radius 3 is 2.31 bits per heavy atom. The van der Waals surface area contributed by atoms with Crippen LogP contribution in [0.2, 0.25) is 0 Å². The first-order valence-electron chi connectivity index (χ1n) is 15.3. The van der Waals surface area contributed by atoms with Crippen molar-refractivity contribution >= 4 is 22.8 Å². The second-order valence-corrected chi connectivity index (χ2v) is 13.3. The van der Waals surface area contributed by atoms with Gasteiger partial charge in [-0.05, 0) is 111 Å². The van der Waals surface area contributed by atoms with Crippen LogP contribution in [0.5, 0.6) is 0 Å². The van der Waals surface area contributed by atoms with Crippen LogP contribution in [0.3, 0.4) is 0 Å². The molecule has 0 radical (unpaired) electrons. The molecule has 202 valence electrons. The van der Waals surface area contributed by atoms with Crippen LogP contribution in [-0.2, 0) is 0 Å². The Balaban J connectivity index is 0.954. The van der Waals surface area contributed by atoms with Crippen molar-refractivity contribution < 1.29 is 9.59 Å². The van der Waals surface area contributed by atoms with E-state index in [0.717, 1.165) is 46.6 Å². The van der Waals surface area contributed by atoms with Crippen molar-refractivity contribution in [1.29, 1.82) is 0 Å². The van der Waals surface area contributed by atoms with E-state index in [-0.39, 0.29) is 11.8 Å². The molecule has 8 rings (SSSR count). The summed E-state index contributed by atoms with van der Waals surface area (Å²) in [4.78, 5) is 34.4. The number of amides is 2. The number of H-pyrrole nitrogens is 1. The molecule has 0 aliphatic heterocycles. The first-order valence-corrected chi connectivity index (χ1v) is 15.3. The van der Waals surface area contributed by atoms with E-state index in [2.05, 4.69) is 15.6 Å². The molecule has 5 aliphatic carbocycles. The highest BCUT2D eigenvalue weighted by Crippen LogP contribution is 2.53. The first kappa shape index (κ1) is 23.7. The first-order chi connectivity index (χ1) is 19.1. The van der Waals surface area contributed by atoms with Gasteiger partial charge in [0.05, 0.1) is 11.0 Å². The molecule has 39 heavy (non-hydrogen) atoms. The Labute approximate surface area is 229 Å². The number of hydrogen-bond acceptors (Lipinski definition) is 3. The Bertz CT molecular complexity index is 1430. The molecule has 0 spiro atoms. The van der Waals surface area contributed by atoms with Crippen LogP contribution in [0.15, 0.2) is 42.5 Å². The SMILES string of the molecule is O=C(NC1CC2CCC1C2)c1ccc2[nH]c(-c3ccc(C(=O)NC4[C@@H]5C[C@@H]6C[C@@H]4CCC[C@H]6C5)cc3)nc2c1. The minimum atomic E-state index is 0.00389. The summed E-state index contributed by atoms with van der Waals surface area (Å²) in [5.41, 5.74) is 3.99. The summed E-state index contributed by atoms with van der Waals surface area (Å²) in [6.45, 7) is 0. The van der Waals surface area contributed by atoms with E-state index in [1.165, 1.54) is 57.8 Å². The van der Waals surface area contributed by atoms with Crippen LogP contribution >= 0.6 is 0 Å². The van der Waals surface area contributed by atoms with Gasteiger partial charge in [-0.1, -0.05) is 31.4 Å². The number of benzene rings is 2. The maximum absolute atomic E-state index is 13.2. The molecule has 1 aromatic heterocycles. The molecule has 5 fully saturated rings. The van der Waals surface area contributed by atoms with E-state index in [4.69, 9.17) is 4.98 Å². The van der Waals surface area contributed by atoms with E-state index in [1.54, 1.807) is 0 Å². The van der Waals surface area contributed by atoms with Gasteiger partial charge >= 0.3 is 0 Å². The second kappa shape index (κ2) is 9.21.